The molecule has 1 rings (SSSR count). The van der Waals surface area contributed by atoms with Gasteiger partial charge in [-0.15, -0.1) is 0 Å². The Kier molecular flexibility index (Phi) is 2.85. The van der Waals surface area contributed by atoms with Crippen LogP contribution in [0.2, 0.25) is 0 Å². The zero-order valence-corrected chi connectivity index (χ0v) is 6.75. The minimum absolute atomic E-state index is 0.135. The Balaban J connectivity index is 2.96. The summed E-state index contributed by atoms with van der Waals surface area (Å²) >= 11 is 0. The second-order valence-electron chi connectivity index (χ2n) is 2.58. The van der Waals surface area contributed by atoms with Crippen LogP contribution in [0.1, 0.15) is 11.7 Å². The van der Waals surface area contributed by atoms with Gasteiger partial charge in [0.15, 0.2) is 6.10 Å². The zero-order chi connectivity index (χ0) is 9.84. The average Bonchev–Trinajstić information content (AvgIpc) is 2.16. The highest BCUT2D eigenvalue weighted by Crippen LogP contribution is 2.25. The molecule has 2 atom stereocenters. The van der Waals surface area contributed by atoms with E-state index in [1.807, 2.05) is 0 Å². The summed E-state index contributed by atoms with van der Waals surface area (Å²) in [7, 11) is 0. The van der Waals surface area contributed by atoms with Crippen molar-refractivity contribution >= 4 is 0 Å². The summed E-state index contributed by atoms with van der Waals surface area (Å²) in [4.78, 5) is 0. The van der Waals surface area contributed by atoms with E-state index in [1.165, 1.54) is 18.2 Å². The fourth-order valence-corrected chi connectivity index (χ4v) is 0.978. The molecule has 0 saturated carbocycles. The standard InChI is InChI=1S/C9H9NO3/c10-5-8(12)9(13)6-3-1-2-4-7(6)11/h1-4,8-9,11-13H. The molecule has 68 valence electrons. The molecule has 0 aliphatic heterocycles. The molecule has 4 heteroatoms. The number of aliphatic hydroxyl groups excluding tert-OH is 2. The number of hydrogen-bond donors (Lipinski definition) is 3. The molecule has 2 unspecified atom stereocenters. The minimum Gasteiger partial charge on any atom is -0.508 e. The van der Waals surface area contributed by atoms with E-state index in [4.69, 9.17) is 10.4 Å². The Morgan fingerprint density at radius 3 is 2.38 bits per heavy atom. The van der Waals surface area contributed by atoms with Crippen molar-refractivity contribution in [2.45, 2.75) is 12.2 Å². The maximum Gasteiger partial charge on any atom is 0.170 e. The Hall–Kier alpha value is -1.57. The average molecular weight is 179 g/mol. The van der Waals surface area contributed by atoms with Gasteiger partial charge in [0.2, 0.25) is 0 Å². The maximum absolute atomic E-state index is 9.34. The number of nitrogens with zero attached hydrogens (tertiary/aromatic N) is 1. The van der Waals surface area contributed by atoms with Crippen LogP contribution in [0.3, 0.4) is 0 Å². The van der Waals surface area contributed by atoms with Crippen LogP contribution in [0.4, 0.5) is 0 Å². The Morgan fingerprint density at radius 1 is 1.23 bits per heavy atom. The van der Waals surface area contributed by atoms with Gasteiger partial charge in [-0.25, -0.2) is 0 Å². The summed E-state index contributed by atoms with van der Waals surface area (Å²) in [5.41, 5.74) is 0.150. The first kappa shape index (κ1) is 9.52. The molecular formula is C9H9NO3. The minimum atomic E-state index is -1.52. The van der Waals surface area contributed by atoms with Gasteiger partial charge in [-0.1, -0.05) is 18.2 Å². The van der Waals surface area contributed by atoms with Gasteiger partial charge < -0.3 is 15.3 Å². The molecule has 0 radical (unpaired) electrons. The van der Waals surface area contributed by atoms with E-state index in [-0.39, 0.29) is 11.3 Å². The van der Waals surface area contributed by atoms with Crippen LogP contribution in [0.15, 0.2) is 24.3 Å². The van der Waals surface area contributed by atoms with Crippen LogP contribution >= 0.6 is 0 Å². The highest BCUT2D eigenvalue weighted by atomic mass is 16.3. The molecule has 0 aliphatic rings. The van der Waals surface area contributed by atoms with Crippen molar-refractivity contribution in [1.82, 2.24) is 0 Å². The summed E-state index contributed by atoms with van der Waals surface area (Å²) < 4.78 is 0. The van der Waals surface area contributed by atoms with E-state index in [2.05, 4.69) is 0 Å². The molecule has 0 bridgehead atoms. The molecule has 0 aliphatic carbocycles. The van der Waals surface area contributed by atoms with Crippen molar-refractivity contribution in [2.75, 3.05) is 0 Å². The summed E-state index contributed by atoms with van der Waals surface area (Å²) in [6.45, 7) is 0. The third-order valence-corrected chi connectivity index (χ3v) is 1.69. The molecule has 0 fully saturated rings. The molecule has 0 aromatic heterocycles. The number of phenolic OH excluding ortho intramolecular Hbond substituents is 1. The molecule has 1 aromatic rings. The quantitative estimate of drug-likeness (QED) is 0.570. The predicted octanol–water partition coefficient (Wildman–Crippen LogP) is 0.310. The fourth-order valence-electron chi connectivity index (χ4n) is 0.978. The van der Waals surface area contributed by atoms with E-state index in [1.54, 1.807) is 12.1 Å². The van der Waals surface area contributed by atoms with E-state index in [9.17, 15) is 10.2 Å². The predicted molar refractivity (Wildman–Crippen MR) is 44.7 cm³/mol. The number of nitriles is 1. The summed E-state index contributed by atoms with van der Waals surface area (Å²) in [5, 5.41) is 35.9. The Bertz CT molecular complexity index is 332. The van der Waals surface area contributed by atoms with Gasteiger partial charge in [-0.3, -0.25) is 0 Å². The van der Waals surface area contributed by atoms with Crippen LogP contribution < -0.4 is 0 Å². The highest BCUT2D eigenvalue weighted by molar-refractivity contribution is 5.34. The largest absolute Gasteiger partial charge is 0.508 e. The lowest BCUT2D eigenvalue weighted by Gasteiger charge is -2.12. The number of benzene rings is 1. The first-order chi connectivity index (χ1) is 6.16. The Morgan fingerprint density at radius 2 is 1.85 bits per heavy atom. The molecule has 3 N–H and O–H groups in total. The van der Waals surface area contributed by atoms with Gasteiger partial charge in [0.05, 0.1) is 6.07 Å². The van der Waals surface area contributed by atoms with Crippen LogP contribution in [-0.2, 0) is 0 Å². The topological polar surface area (TPSA) is 84.5 Å². The van der Waals surface area contributed by atoms with E-state index in [0.717, 1.165) is 0 Å². The van der Waals surface area contributed by atoms with Crippen LogP contribution in [0.25, 0.3) is 0 Å². The van der Waals surface area contributed by atoms with Crippen LogP contribution in [0.5, 0.6) is 5.75 Å². The normalized spacial score (nSPS) is 14.5. The molecular weight excluding hydrogens is 170 g/mol. The first-order valence-electron chi connectivity index (χ1n) is 3.70. The van der Waals surface area contributed by atoms with Crippen molar-refractivity contribution in [1.29, 1.82) is 5.26 Å². The van der Waals surface area contributed by atoms with E-state index in [0.29, 0.717) is 0 Å². The van der Waals surface area contributed by atoms with Gasteiger partial charge in [-0.2, -0.15) is 5.26 Å². The number of aliphatic hydroxyl groups is 2. The zero-order valence-electron chi connectivity index (χ0n) is 6.75. The van der Waals surface area contributed by atoms with Crippen molar-refractivity contribution in [3.63, 3.8) is 0 Å². The highest BCUT2D eigenvalue weighted by Gasteiger charge is 2.19. The van der Waals surface area contributed by atoms with E-state index >= 15 is 0 Å². The van der Waals surface area contributed by atoms with Crippen molar-refractivity contribution in [3.8, 4) is 11.8 Å². The van der Waals surface area contributed by atoms with E-state index < -0.39 is 12.2 Å². The summed E-state index contributed by atoms with van der Waals surface area (Å²) in [6.07, 6.45) is -2.89. The number of para-hydroxylation sites is 1. The Labute approximate surface area is 75.3 Å². The third kappa shape index (κ3) is 1.96. The smallest absolute Gasteiger partial charge is 0.170 e. The molecule has 4 nitrogen and oxygen atoms in total. The second kappa shape index (κ2) is 3.90. The fraction of sp³-hybridized carbons (Fsp3) is 0.222. The van der Waals surface area contributed by atoms with Crippen molar-refractivity contribution < 1.29 is 15.3 Å². The second-order valence-corrected chi connectivity index (χ2v) is 2.58. The van der Waals surface area contributed by atoms with Gasteiger partial charge in [0, 0.05) is 5.56 Å². The molecule has 13 heavy (non-hydrogen) atoms. The van der Waals surface area contributed by atoms with Crippen LogP contribution in [-0.4, -0.2) is 21.4 Å². The summed E-state index contributed by atoms with van der Waals surface area (Å²) in [6, 6.07) is 7.49. The van der Waals surface area contributed by atoms with Gasteiger partial charge in [0.25, 0.3) is 0 Å². The lowest BCUT2D eigenvalue weighted by molar-refractivity contribution is 0.0511. The number of hydrogen-bond acceptors (Lipinski definition) is 4. The molecule has 1 aromatic carbocycles. The van der Waals surface area contributed by atoms with Crippen molar-refractivity contribution in [3.05, 3.63) is 29.8 Å². The maximum atomic E-state index is 9.34. The molecule has 0 amide bonds. The number of aromatic hydroxyl groups is 1. The van der Waals surface area contributed by atoms with Gasteiger partial charge >= 0.3 is 0 Å². The third-order valence-electron chi connectivity index (χ3n) is 1.69. The first-order valence-corrected chi connectivity index (χ1v) is 3.70. The van der Waals surface area contributed by atoms with Gasteiger partial charge in [-0.05, 0) is 6.07 Å². The summed E-state index contributed by atoms with van der Waals surface area (Å²) in [5.74, 6) is -0.135. The molecule has 0 heterocycles. The number of rotatable bonds is 2. The lowest BCUT2D eigenvalue weighted by atomic mass is 10.0. The SMILES string of the molecule is N#CC(O)C(O)c1ccccc1O. The lowest BCUT2D eigenvalue weighted by Crippen LogP contribution is -2.15. The number of phenols is 1. The monoisotopic (exact) mass is 179 g/mol. The molecule has 0 saturated heterocycles. The molecule has 0 spiro atoms. The van der Waals surface area contributed by atoms with Crippen molar-refractivity contribution in [2.24, 2.45) is 0 Å². The van der Waals surface area contributed by atoms with Gasteiger partial charge in [0.1, 0.15) is 11.9 Å². The van der Waals surface area contributed by atoms with Crippen LogP contribution in [0, 0.1) is 11.3 Å².